The second kappa shape index (κ2) is 6.22. The van der Waals surface area contributed by atoms with Gasteiger partial charge in [0.05, 0.1) is 17.7 Å². The molecule has 1 saturated carbocycles. The number of amides is 1. The summed E-state index contributed by atoms with van der Waals surface area (Å²) in [5.41, 5.74) is 6.41. The van der Waals surface area contributed by atoms with Gasteiger partial charge in [0.15, 0.2) is 0 Å². The molecule has 3 unspecified atom stereocenters. The second-order valence-electron chi connectivity index (χ2n) is 4.52. The minimum Gasteiger partial charge on any atom is -0.376 e. The van der Waals surface area contributed by atoms with E-state index >= 15 is 0 Å². The van der Waals surface area contributed by atoms with E-state index in [1.807, 2.05) is 6.92 Å². The Kier molecular flexibility index (Phi) is 4.84. The van der Waals surface area contributed by atoms with E-state index in [9.17, 15) is 4.79 Å². The van der Waals surface area contributed by atoms with E-state index in [1.165, 1.54) is 0 Å². The standard InChI is InChI=1S/C13H16BrClN2O2/c1-2-19-11-6-10(16)12(11)17-13(18)8-5-7(15)3-4-9(8)14/h3-5,10-12H,2,6,16H2,1H3,(H,17,18). The zero-order valence-electron chi connectivity index (χ0n) is 10.5. The number of hydrogen-bond donors (Lipinski definition) is 2. The molecule has 6 heteroatoms. The first kappa shape index (κ1) is 14.8. The SMILES string of the molecule is CCOC1CC(N)C1NC(=O)c1cc(Cl)ccc1Br. The van der Waals surface area contributed by atoms with Crippen LogP contribution in [0.2, 0.25) is 5.02 Å². The largest absolute Gasteiger partial charge is 0.376 e. The summed E-state index contributed by atoms with van der Waals surface area (Å²) in [6.45, 7) is 2.54. The van der Waals surface area contributed by atoms with Gasteiger partial charge < -0.3 is 15.8 Å². The molecule has 0 bridgehead atoms. The molecular weight excluding hydrogens is 332 g/mol. The summed E-state index contributed by atoms with van der Waals surface area (Å²) in [6.07, 6.45) is 0.775. The van der Waals surface area contributed by atoms with Gasteiger partial charge in [0, 0.05) is 22.1 Å². The number of benzene rings is 1. The molecule has 3 N–H and O–H groups in total. The predicted molar refractivity (Wildman–Crippen MR) is 78.4 cm³/mol. The van der Waals surface area contributed by atoms with Crippen LogP contribution in [-0.2, 0) is 4.74 Å². The number of nitrogens with two attached hydrogens (primary N) is 1. The molecule has 4 nitrogen and oxygen atoms in total. The van der Waals surface area contributed by atoms with Crippen molar-refractivity contribution in [3.8, 4) is 0 Å². The van der Waals surface area contributed by atoms with Crippen LogP contribution >= 0.6 is 27.5 Å². The van der Waals surface area contributed by atoms with Crippen molar-refractivity contribution in [3.05, 3.63) is 33.3 Å². The lowest BCUT2D eigenvalue weighted by Gasteiger charge is -2.42. The minimum absolute atomic E-state index is 0.00177. The van der Waals surface area contributed by atoms with E-state index in [1.54, 1.807) is 18.2 Å². The van der Waals surface area contributed by atoms with E-state index < -0.39 is 0 Å². The summed E-state index contributed by atoms with van der Waals surface area (Å²) in [6, 6.07) is 4.90. The van der Waals surface area contributed by atoms with Gasteiger partial charge in [0.25, 0.3) is 5.91 Å². The lowest BCUT2D eigenvalue weighted by Crippen LogP contribution is -2.64. The van der Waals surface area contributed by atoms with E-state index in [2.05, 4.69) is 21.2 Å². The van der Waals surface area contributed by atoms with Crippen LogP contribution in [0.25, 0.3) is 0 Å². The summed E-state index contributed by atoms with van der Waals surface area (Å²) >= 11 is 9.24. The van der Waals surface area contributed by atoms with Crippen molar-refractivity contribution in [1.29, 1.82) is 0 Å². The van der Waals surface area contributed by atoms with Crippen LogP contribution in [0, 0.1) is 0 Å². The third-order valence-corrected chi connectivity index (χ3v) is 4.14. The molecule has 1 aliphatic rings. The Hall–Kier alpha value is -0.620. The zero-order chi connectivity index (χ0) is 14.0. The summed E-state index contributed by atoms with van der Waals surface area (Å²) in [5.74, 6) is -0.195. The molecule has 0 aliphatic heterocycles. The van der Waals surface area contributed by atoms with E-state index in [0.29, 0.717) is 21.7 Å². The number of rotatable bonds is 4. The smallest absolute Gasteiger partial charge is 0.252 e. The van der Waals surface area contributed by atoms with Crippen molar-refractivity contribution >= 4 is 33.4 Å². The fourth-order valence-electron chi connectivity index (χ4n) is 2.13. The highest BCUT2D eigenvalue weighted by atomic mass is 79.9. The van der Waals surface area contributed by atoms with Crippen LogP contribution in [0.4, 0.5) is 0 Å². The molecule has 0 heterocycles. The van der Waals surface area contributed by atoms with Crippen LogP contribution in [0.5, 0.6) is 0 Å². The quantitative estimate of drug-likeness (QED) is 0.878. The van der Waals surface area contributed by atoms with Crippen LogP contribution in [0.3, 0.4) is 0 Å². The van der Waals surface area contributed by atoms with E-state index in [4.69, 9.17) is 22.1 Å². The molecule has 0 spiro atoms. The molecule has 1 aromatic rings. The highest BCUT2D eigenvalue weighted by Gasteiger charge is 2.40. The number of carbonyl (C=O) groups excluding carboxylic acids is 1. The molecular formula is C13H16BrClN2O2. The molecule has 1 amide bonds. The maximum Gasteiger partial charge on any atom is 0.252 e. The maximum absolute atomic E-state index is 12.2. The van der Waals surface area contributed by atoms with Gasteiger partial charge in [0.1, 0.15) is 0 Å². The topological polar surface area (TPSA) is 64.3 Å². The van der Waals surface area contributed by atoms with Gasteiger partial charge >= 0.3 is 0 Å². The van der Waals surface area contributed by atoms with Gasteiger partial charge in [-0.15, -0.1) is 0 Å². The predicted octanol–water partition coefficient (Wildman–Crippen LogP) is 2.34. The molecule has 0 saturated heterocycles. The Labute approximate surface area is 125 Å². The van der Waals surface area contributed by atoms with Gasteiger partial charge in [0.2, 0.25) is 0 Å². The summed E-state index contributed by atoms with van der Waals surface area (Å²) in [4.78, 5) is 12.2. The number of hydrogen-bond acceptors (Lipinski definition) is 3. The third-order valence-electron chi connectivity index (χ3n) is 3.22. The molecule has 1 fully saturated rings. The van der Waals surface area contributed by atoms with Crippen LogP contribution in [-0.4, -0.2) is 30.7 Å². The van der Waals surface area contributed by atoms with Gasteiger partial charge in [-0.05, 0) is 47.5 Å². The highest BCUT2D eigenvalue weighted by Crippen LogP contribution is 2.25. The fraction of sp³-hybridized carbons (Fsp3) is 0.462. The molecule has 104 valence electrons. The van der Waals surface area contributed by atoms with Crippen molar-refractivity contribution in [2.45, 2.75) is 31.5 Å². The average molecular weight is 348 g/mol. The van der Waals surface area contributed by atoms with Crippen molar-refractivity contribution < 1.29 is 9.53 Å². The summed E-state index contributed by atoms with van der Waals surface area (Å²) in [5, 5.41) is 3.43. The second-order valence-corrected chi connectivity index (χ2v) is 5.81. The van der Waals surface area contributed by atoms with Gasteiger partial charge in [-0.25, -0.2) is 0 Å². The normalized spacial score (nSPS) is 25.8. The van der Waals surface area contributed by atoms with Crippen molar-refractivity contribution in [2.24, 2.45) is 5.73 Å². The van der Waals surface area contributed by atoms with Crippen molar-refractivity contribution in [3.63, 3.8) is 0 Å². The fourth-order valence-corrected chi connectivity index (χ4v) is 2.73. The Morgan fingerprint density at radius 3 is 3.00 bits per heavy atom. The van der Waals surface area contributed by atoms with Crippen molar-refractivity contribution in [1.82, 2.24) is 5.32 Å². The first-order valence-electron chi connectivity index (χ1n) is 6.16. The Bertz CT molecular complexity index is 482. The number of nitrogens with one attached hydrogen (secondary N) is 1. The molecule has 1 aromatic carbocycles. The van der Waals surface area contributed by atoms with Crippen molar-refractivity contribution in [2.75, 3.05) is 6.61 Å². The van der Waals surface area contributed by atoms with Gasteiger partial charge in [-0.2, -0.15) is 0 Å². The summed E-state index contributed by atoms with van der Waals surface area (Å²) in [7, 11) is 0. The first-order valence-corrected chi connectivity index (χ1v) is 7.33. The van der Waals surface area contributed by atoms with Gasteiger partial charge in [-0.1, -0.05) is 11.6 Å². The molecule has 2 rings (SSSR count). The Morgan fingerprint density at radius 2 is 2.37 bits per heavy atom. The van der Waals surface area contributed by atoms with E-state index in [0.717, 1.165) is 6.42 Å². The Morgan fingerprint density at radius 1 is 1.63 bits per heavy atom. The lowest BCUT2D eigenvalue weighted by atomic mass is 9.83. The first-order chi connectivity index (χ1) is 9.02. The molecule has 0 radical (unpaired) electrons. The van der Waals surface area contributed by atoms with Gasteiger partial charge in [-0.3, -0.25) is 4.79 Å². The van der Waals surface area contributed by atoms with Crippen LogP contribution < -0.4 is 11.1 Å². The number of carbonyl (C=O) groups is 1. The van der Waals surface area contributed by atoms with E-state index in [-0.39, 0.29) is 24.1 Å². The Balaban J connectivity index is 2.06. The molecule has 3 atom stereocenters. The third kappa shape index (κ3) is 3.28. The van der Waals surface area contributed by atoms with Crippen LogP contribution in [0.1, 0.15) is 23.7 Å². The zero-order valence-corrected chi connectivity index (χ0v) is 12.9. The maximum atomic E-state index is 12.2. The summed E-state index contributed by atoms with van der Waals surface area (Å²) < 4.78 is 6.22. The molecule has 0 aromatic heterocycles. The molecule has 1 aliphatic carbocycles. The number of ether oxygens (including phenoxy) is 1. The monoisotopic (exact) mass is 346 g/mol. The molecule has 19 heavy (non-hydrogen) atoms. The number of halogens is 2. The minimum atomic E-state index is -0.195. The highest BCUT2D eigenvalue weighted by molar-refractivity contribution is 9.10. The van der Waals surface area contributed by atoms with Crippen LogP contribution in [0.15, 0.2) is 22.7 Å². The average Bonchev–Trinajstić information content (AvgIpc) is 2.38. The lowest BCUT2D eigenvalue weighted by molar-refractivity contribution is -0.0300.